The first-order chi connectivity index (χ1) is 12.7. The third-order valence-corrected chi connectivity index (χ3v) is 4.69. The predicted octanol–water partition coefficient (Wildman–Crippen LogP) is 9.30. The van der Waals surface area contributed by atoms with Crippen LogP contribution in [-0.4, -0.2) is 13.6 Å². The van der Waals surface area contributed by atoms with Gasteiger partial charge in [0.05, 0.1) is 0 Å². The number of hydrogen-bond acceptors (Lipinski definition) is 1. The second-order valence-corrected chi connectivity index (χ2v) is 7.70. The summed E-state index contributed by atoms with van der Waals surface area (Å²) >= 11 is 0. The van der Waals surface area contributed by atoms with Crippen LogP contribution in [0.1, 0.15) is 150 Å². The van der Waals surface area contributed by atoms with Crippen LogP contribution in [0.15, 0.2) is 0 Å². The lowest BCUT2D eigenvalue weighted by molar-refractivity contribution is 0.592. The zero-order valence-corrected chi connectivity index (χ0v) is 19.9. The third-order valence-electron chi connectivity index (χ3n) is 4.69. The molecule has 0 heterocycles. The van der Waals surface area contributed by atoms with E-state index in [4.69, 9.17) is 0 Å². The Hall–Kier alpha value is -0.0400. The molecule has 1 N–H and O–H groups in total. The largest absolute Gasteiger partial charge is 0.320 e. The van der Waals surface area contributed by atoms with Crippen molar-refractivity contribution in [3.8, 4) is 0 Å². The van der Waals surface area contributed by atoms with E-state index < -0.39 is 0 Å². The minimum Gasteiger partial charge on any atom is -0.320 e. The molecule has 0 aliphatic rings. The fraction of sp³-hybridized carbons (Fsp3) is 1.00. The Morgan fingerprint density at radius 3 is 0.808 bits per heavy atom. The Morgan fingerprint density at radius 1 is 0.346 bits per heavy atom. The van der Waals surface area contributed by atoms with Crippen molar-refractivity contribution in [1.29, 1.82) is 0 Å². The fourth-order valence-corrected chi connectivity index (χ4v) is 2.79. The highest BCUT2D eigenvalue weighted by molar-refractivity contribution is 4.45. The molecule has 0 saturated carbocycles. The summed E-state index contributed by atoms with van der Waals surface area (Å²) in [5.74, 6) is 0. The molecule has 0 aromatic carbocycles. The SMILES string of the molecule is CCCCCCCC.CCCCCCCC.CCCCCCCCNC. The van der Waals surface area contributed by atoms with Crippen molar-refractivity contribution in [1.82, 2.24) is 5.32 Å². The zero-order valence-electron chi connectivity index (χ0n) is 19.9. The van der Waals surface area contributed by atoms with Crippen LogP contribution in [0.4, 0.5) is 0 Å². The van der Waals surface area contributed by atoms with Crippen LogP contribution in [0.25, 0.3) is 0 Å². The van der Waals surface area contributed by atoms with Gasteiger partial charge in [-0.2, -0.15) is 0 Å². The van der Waals surface area contributed by atoms with Gasteiger partial charge >= 0.3 is 0 Å². The molecule has 0 unspecified atom stereocenters. The van der Waals surface area contributed by atoms with Gasteiger partial charge in [0.15, 0.2) is 0 Å². The highest BCUT2D eigenvalue weighted by Crippen LogP contribution is 2.04. The maximum absolute atomic E-state index is 3.16. The quantitative estimate of drug-likeness (QED) is 0.251. The van der Waals surface area contributed by atoms with Crippen molar-refractivity contribution in [3.05, 3.63) is 0 Å². The highest BCUT2D eigenvalue weighted by atomic mass is 14.8. The van der Waals surface area contributed by atoms with E-state index in [9.17, 15) is 0 Å². The second kappa shape index (κ2) is 36.0. The van der Waals surface area contributed by atoms with Crippen molar-refractivity contribution < 1.29 is 0 Å². The normalized spacial score (nSPS) is 9.92. The molecule has 0 saturated heterocycles. The number of unbranched alkanes of at least 4 members (excludes halogenated alkanes) is 15. The first-order valence-electron chi connectivity index (χ1n) is 12.4. The lowest BCUT2D eigenvalue weighted by atomic mass is 10.1. The molecule has 0 atom stereocenters. The molecule has 1 heteroatoms. The standard InChI is InChI=1S/C9H21N.2C8H18/c1-3-4-5-6-7-8-9-10-2;2*1-3-5-7-8-6-4-2/h10H,3-9H2,1-2H3;2*3-8H2,1-2H3. The fourth-order valence-electron chi connectivity index (χ4n) is 2.79. The molecule has 0 rings (SSSR count). The Bertz CT molecular complexity index is 147. The first-order valence-corrected chi connectivity index (χ1v) is 12.4. The summed E-state index contributed by atoms with van der Waals surface area (Å²) in [6, 6.07) is 0. The zero-order chi connectivity index (χ0) is 20.1. The van der Waals surface area contributed by atoms with E-state index in [1.807, 2.05) is 7.05 Å². The lowest BCUT2D eigenvalue weighted by Gasteiger charge is -1.98. The summed E-state index contributed by atoms with van der Waals surface area (Å²) in [4.78, 5) is 0. The molecule has 0 aliphatic carbocycles. The van der Waals surface area contributed by atoms with E-state index in [0.717, 1.165) is 0 Å². The van der Waals surface area contributed by atoms with E-state index in [0.29, 0.717) is 0 Å². The summed E-state index contributed by atoms with van der Waals surface area (Å²) < 4.78 is 0. The van der Waals surface area contributed by atoms with Gasteiger partial charge in [-0.15, -0.1) is 0 Å². The van der Waals surface area contributed by atoms with Gasteiger partial charge in [-0.3, -0.25) is 0 Å². The van der Waals surface area contributed by atoms with Crippen LogP contribution in [0, 0.1) is 0 Å². The van der Waals surface area contributed by atoms with E-state index in [1.54, 1.807) is 0 Å². The molecule has 162 valence electrons. The Balaban J connectivity index is -0.000000308. The third kappa shape index (κ3) is 43.9. The Labute approximate surface area is 169 Å². The molecule has 0 amide bonds. The van der Waals surface area contributed by atoms with E-state index >= 15 is 0 Å². The maximum atomic E-state index is 3.16. The molecular formula is C25H57N. The van der Waals surface area contributed by atoms with Crippen molar-refractivity contribution in [2.45, 2.75) is 150 Å². The second-order valence-electron chi connectivity index (χ2n) is 7.70. The van der Waals surface area contributed by atoms with Gasteiger partial charge in [0.25, 0.3) is 0 Å². The summed E-state index contributed by atoms with van der Waals surface area (Å²) in [5.41, 5.74) is 0. The van der Waals surface area contributed by atoms with Gasteiger partial charge in [0.2, 0.25) is 0 Å². The van der Waals surface area contributed by atoms with Crippen LogP contribution in [0.3, 0.4) is 0 Å². The summed E-state index contributed by atoms with van der Waals surface area (Å²) in [7, 11) is 2.02. The van der Waals surface area contributed by atoms with E-state index in [-0.39, 0.29) is 0 Å². The van der Waals surface area contributed by atoms with Gasteiger partial charge < -0.3 is 5.32 Å². The smallest absolute Gasteiger partial charge is 0.00519 e. The number of hydrogen-bond donors (Lipinski definition) is 1. The van der Waals surface area contributed by atoms with E-state index in [1.165, 1.54) is 122 Å². The molecule has 0 aromatic rings. The van der Waals surface area contributed by atoms with Crippen molar-refractivity contribution in [2.75, 3.05) is 13.6 Å². The summed E-state index contributed by atoms with van der Waals surface area (Å²) in [6.07, 6.45) is 25.4. The molecule has 26 heavy (non-hydrogen) atoms. The van der Waals surface area contributed by atoms with Crippen molar-refractivity contribution >= 4 is 0 Å². The lowest BCUT2D eigenvalue weighted by Crippen LogP contribution is -2.06. The average molecular weight is 372 g/mol. The van der Waals surface area contributed by atoms with Crippen molar-refractivity contribution in [3.63, 3.8) is 0 Å². The molecular weight excluding hydrogens is 314 g/mol. The van der Waals surface area contributed by atoms with Crippen LogP contribution < -0.4 is 5.32 Å². The van der Waals surface area contributed by atoms with Gasteiger partial charge in [-0.1, -0.05) is 144 Å². The molecule has 0 aromatic heterocycles. The summed E-state index contributed by atoms with van der Waals surface area (Å²) in [6.45, 7) is 12.5. The van der Waals surface area contributed by atoms with Gasteiger partial charge in [-0.05, 0) is 20.0 Å². The van der Waals surface area contributed by atoms with Crippen LogP contribution in [-0.2, 0) is 0 Å². The van der Waals surface area contributed by atoms with Crippen LogP contribution >= 0.6 is 0 Å². The Kier molecular flexibility index (Phi) is 42.4. The molecule has 0 aliphatic heterocycles. The molecule has 0 radical (unpaired) electrons. The summed E-state index contributed by atoms with van der Waals surface area (Å²) in [5, 5.41) is 3.16. The minimum absolute atomic E-state index is 1.19. The Morgan fingerprint density at radius 2 is 0.577 bits per heavy atom. The molecule has 0 fully saturated rings. The topological polar surface area (TPSA) is 12.0 Å². The average Bonchev–Trinajstić information content (AvgIpc) is 2.66. The molecule has 0 spiro atoms. The van der Waals surface area contributed by atoms with Gasteiger partial charge in [0.1, 0.15) is 0 Å². The van der Waals surface area contributed by atoms with Gasteiger partial charge in [0, 0.05) is 0 Å². The van der Waals surface area contributed by atoms with Gasteiger partial charge in [-0.25, -0.2) is 0 Å². The number of nitrogens with one attached hydrogen (secondary N) is 1. The first kappa shape index (κ1) is 30.7. The number of rotatable bonds is 17. The monoisotopic (exact) mass is 371 g/mol. The highest BCUT2D eigenvalue weighted by Gasteiger charge is 1.87. The van der Waals surface area contributed by atoms with Crippen LogP contribution in [0.5, 0.6) is 0 Å². The van der Waals surface area contributed by atoms with E-state index in [2.05, 4.69) is 39.9 Å². The predicted molar refractivity (Wildman–Crippen MR) is 125 cm³/mol. The molecule has 1 nitrogen and oxygen atoms in total. The minimum atomic E-state index is 1.19. The maximum Gasteiger partial charge on any atom is -0.00519 e. The van der Waals surface area contributed by atoms with Crippen molar-refractivity contribution in [2.24, 2.45) is 0 Å². The molecule has 0 bridgehead atoms. The van der Waals surface area contributed by atoms with Crippen LogP contribution in [0.2, 0.25) is 0 Å².